The number of carbonyl (C=O) groups excluding carboxylic acids is 5. The Hall–Kier alpha value is -5.76. The van der Waals surface area contributed by atoms with Crippen molar-refractivity contribution in [1.29, 1.82) is 0 Å². The van der Waals surface area contributed by atoms with Gasteiger partial charge in [-0.2, -0.15) is 0 Å². The number of alkyl carbamates (subject to hydrolysis) is 2. The van der Waals surface area contributed by atoms with Gasteiger partial charge >= 0.3 is 24.1 Å². The minimum Gasteiger partial charge on any atom is -0.467 e. The molecule has 1 saturated heterocycles. The highest BCUT2D eigenvalue weighted by Gasteiger charge is 2.45. The SMILES string of the molecule is COC(=O)C1(NC(=O)C(C)c2cccc(N=C(NC(=O)OC(C)(C)C)NC(=O)OC(C)(C)C)c2)CCN(CC(C(=O)OCc2ccccc2)c2ccccc2)CC1. The summed E-state index contributed by atoms with van der Waals surface area (Å²) in [7, 11) is 1.29. The number of nitrogens with one attached hydrogen (secondary N) is 3. The molecule has 14 nitrogen and oxygen atoms in total. The first kappa shape index (κ1) is 44.0. The highest BCUT2D eigenvalue weighted by atomic mass is 16.6. The first-order chi connectivity index (χ1) is 26.9. The third-order valence-electron chi connectivity index (χ3n) is 9.04. The minimum atomic E-state index is -1.30. The van der Waals surface area contributed by atoms with Gasteiger partial charge in [-0.3, -0.25) is 20.2 Å². The van der Waals surface area contributed by atoms with E-state index in [0.29, 0.717) is 30.9 Å². The first-order valence-electron chi connectivity index (χ1n) is 18.9. The van der Waals surface area contributed by atoms with E-state index in [1.807, 2.05) is 60.7 Å². The fraction of sp³-hybridized carbons (Fsp3) is 0.442. The maximum absolute atomic E-state index is 13.9. The van der Waals surface area contributed by atoms with Crippen molar-refractivity contribution >= 4 is 41.7 Å². The van der Waals surface area contributed by atoms with Gasteiger partial charge in [0.2, 0.25) is 11.9 Å². The van der Waals surface area contributed by atoms with Crippen LogP contribution in [0, 0.1) is 0 Å². The summed E-state index contributed by atoms with van der Waals surface area (Å²) in [5.74, 6) is -2.89. The lowest BCUT2D eigenvalue weighted by atomic mass is 9.85. The number of esters is 2. The molecule has 2 unspecified atom stereocenters. The van der Waals surface area contributed by atoms with Crippen LogP contribution in [0.2, 0.25) is 0 Å². The van der Waals surface area contributed by atoms with E-state index in [-0.39, 0.29) is 31.4 Å². The number of rotatable bonds is 11. The molecule has 3 aromatic carbocycles. The summed E-state index contributed by atoms with van der Waals surface area (Å²) in [6.07, 6.45) is -1.20. The van der Waals surface area contributed by atoms with E-state index in [1.54, 1.807) is 72.7 Å². The second-order valence-corrected chi connectivity index (χ2v) is 16.0. The quantitative estimate of drug-likeness (QED) is 0.0846. The number of hydrogen-bond acceptors (Lipinski definition) is 11. The van der Waals surface area contributed by atoms with Gasteiger partial charge < -0.3 is 29.2 Å². The molecule has 2 atom stereocenters. The van der Waals surface area contributed by atoms with Crippen LogP contribution < -0.4 is 16.0 Å². The van der Waals surface area contributed by atoms with Crippen LogP contribution in [-0.2, 0) is 39.9 Å². The molecule has 0 bridgehead atoms. The Morgan fingerprint density at radius 2 is 1.32 bits per heavy atom. The van der Waals surface area contributed by atoms with Crippen molar-refractivity contribution in [3.63, 3.8) is 0 Å². The number of aliphatic imine (C=N–C) groups is 1. The Bertz CT molecular complexity index is 1850. The number of amides is 3. The smallest absolute Gasteiger partial charge is 0.414 e. The lowest BCUT2D eigenvalue weighted by Crippen LogP contribution is -2.61. The zero-order chi connectivity index (χ0) is 41.8. The Labute approximate surface area is 334 Å². The summed E-state index contributed by atoms with van der Waals surface area (Å²) in [6.45, 7) is 13.2. The molecule has 14 heteroatoms. The molecule has 1 aliphatic rings. The van der Waals surface area contributed by atoms with Gasteiger partial charge in [0.25, 0.3) is 0 Å². The van der Waals surface area contributed by atoms with Crippen LogP contribution in [0.4, 0.5) is 15.3 Å². The van der Waals surface area contributed by atoms with E-state index >= 15 is 0 Å². The maximum Gasteiger partial charge on any atom is 0.414 e. The van der Waals surface area contributed by atoms with Crippen LogP contribution >= 0.6 is 0 Å². The molecule has 3 aromatic rings. The molecule has 1 fully saturated rings. The summed E-state index contributed by atoms with van der Waals surface area (Å²) in [6, 6.07) is 25.6. The number of nitrogens with zero attached hydrogens (tertiary/aromatic N) is 2. The number of guanidine groups is 1. The number of ether oxygens (including phenoxy) is 4. The molecule has 57 heavy (non-hydrogen) atoms. The van der Waals surface area contributed by atoms with Crippen molar-refractivity contribution in [2.75, 3.05) is 26.7 Å². The Morgan fingerprint density at radius 1 is 0.772 bits per heavy atom. The number of hydrogen-bond donors (Lipinski definition) is 3. The highest BCUT2D eigenvalue weighted by molar-refractivity contribution is 6.02. The topological polar surface area (TPSA) is 174 Å². The maximum atomic E-state index is 13.9. The fourth-order valence-corrected chi connectivity index (χ4v) is 6.16. The third-order valence-corrected chi connectivity index (χ3v) is 9.04. The molecular weight excluding hydrogens is 730 g/mol. The summed E-state index contributed by atoms with van der Waals surface area (Å²) in [5, 5.41) is 7.89. The Kier molecular flexibility index (Phi) is 15.0. The number of likely N-dealkylation sites (tertiary alicyclic amines) is 1. The molecule has 1 heterocycles. The zero-order valence-electron chi connectivity index (χ0n) is 34.0. The molecule has 3 amide bonds. The number of benzene rings is 3. The van der Waals surface area contributed by atoms with Gasteiger partial charge in [0.1, 0.15) is 23.3 Å². The molecule has 1 aliphatic heterocycles. The lowest BCUT2D eigenvalue weighted by molar-refractivity contribution is -0.154. The molecule has 0 saturated carbocycles. The average Bonchev–Trinajstić information content (AvgIpc) is 3.15. The van der Waals surface area contributed by atoms with Gasteiger partial charge in [-0.05, 0) is 90.1 Å². The van der Waals surface area contributed by atoms with Crippen molar-refractivity contribution in [2.24, 2.45) is 4.99 Å². The van der Waals surface area contributed by atoms with Crippen molar-refractivity contribution in [3.05, 3.63) is 102 Å². The Balaban J connectivity index is 1.47. The van der Waals surface area contributed by atoms with Crippen LogP contribution in [0.15, 0.2) is 89.9 Å². The molecule has 0 aliphatic carbocycles. The van der Waals surface area contributed by atoms with Crippen LogP contribution in [0.5, 0.6) is 0 Å². The molecule has 4 rings (SSSR count). The predicted octanol–water partition coefficient (Wildman–Crippen LogP) is 6.48. The first-order valence-corrected chi connectivity index (χ1v) is 18.9. The molecule has 306 valence electrons. The van der Waals surface area contributed by atoms with Crippen molar-refractivity contribution < 1.29 is 42.9 Å². The van der Waals surface area contributed by atoms with E-state index in [4.69, 9.17) is 18.9 Å². The van der Waals surface area contributed by atoms with Gasteiger partial charge in [-0.25, -0.2) is 19.4 Å². The zero-order valence-corrected chi connectivity index (χ0v) is 34.0. The summed E-state index contributed by atoms with van der Waals surface area (Å²) >= 11 is 0. The molecular formula is C43H55N5O9. The van der Waals surface area contributed by atoms with Crippen molar-refractivity contribution in [1.82, 2.24) is 20.9 Å². The summed E-state index contributed by atoms with van der Waals surface area (Å²) < 4.78 is 21.6. The minimum absolute atomic E-state index is 0.154. The predicted molar refractivity (Wildman–Crippen MR) is 215 cm³/mol. The Morgan fingerprint density at radius 3 is 1.86 bits per heavy atom. The van der Waals surface area contributed by atoms with Crippen LogP contribution in [-0.4, -0.2) is 84.4 Å². The second-order valence-electron chi connectivity index (χ2n) is 16.0. The highest BCUT2D eigenvalue weighted by Crippen LogP contribution is 2.29. The van der Waals surface area contributed by atoms with E-state index < -0.39 is 52.6 Å². The number of piperidine rings is 1. The van der Waals surface area contributed by atoms with E-state index in [0.717, 1.165) is 11.1 Å². The lowest BCUT2D eigenvalue weighted by Gasteiger charge is -2.41. The summed E-state index contributed by atoms with van der Waals surface area (Å²) in [5.41, 5.74) is -0.364. The van der Waals surface area contributed by atoms with Gasteiger partial charge in [0.05, 0.1) is 24.6 Å². The normalized spacial score (nSPS) is 15.2. The summed E-state index contributed by atoms with van der Waals surface area (Å²) in [4.78, 5) is 72.4. The number of carbonyl (C=O) groups is 5. The van der Waals surface area contributed by atoms with Gasteiger partial charge in [0, 0.05) is 19.6 Å². The van der Waals surface area contributed by atoms with E-state index in [9.17, 15) is 24.0 Å². The fourth-order valence-electron chi connectivity index (χ4n) is 6.16. The molecule has 3 N–H and O–H groups in total. The second kappa shape index (κ2) is 19.4. The third kappa shape index (κ3) is 13.7. The largest absolute Gasteiger partial charge is 0.467 e. The van der Waals surface area contributed by atoms with Crippen LogP contribution in [0.1, 0.15) is 89.8 Å². The molecule has 0 spiro atoms. The van der Waals surface area contributed by atoms with Crippen LogP contribution in [0.25, 0.3) is 0 Å². The monoisotopic (exact) mass is 785 g/mol. The van der Waals surface area contributed by atoms with Gasteiger partial charge in [-0.1, -0.05) is 72.8 Å². The standard InChI is InChI=1S/C43H55N5O9/c1-29(32-20-15-21-33(26-32)44-38(45-39(52)56-41(2,3)4)46-40(53)57-42(5,6)7)35(49)47-43(37(51)54-8)22-24-48(25-23-43)27-34(31-18-13-10-14-19-31)36(50)55-28-30-16-11-9-12-17-30/h9-21,26,29,34H,22-25,27-28H2,1-8H3,(H,47,49)(H2,44,45,46,52,53). The van der Waals surface area contributed by atoms with E-state index in [1.165, 1.54) is 7.11 Å². The number of methoxy groups -OCH3 is 1. The molecule has 0 aromatic heterocycles. The van der Waals surface area contributed by atoms with E-state index in [2.05, 4.69) is 25.8 Å². The van der Waals surface area contributed by atoms with Crippen molar-refractivity contribution in [2.45, 2.75) is 96.5 Å². The molecule has 0 radical (unpaired) electrons. The average molecular weight is 786 g/mol. The van der Waals surface area contributed by atoms with Crippen LogP contribution in [0.3, 0.4) is 0 Å². The van der Waals surface area contributed by atoms with Gasteiger partial charge in [-0.15, -0.1) is 0 Å². The van der Waals surface area contributed by atoms with Crippen molar-refractivity contribution in [3.8, 4) is 0 Å². The van der Waals surface area contributed by atoms with Gasteiger partial charge in [0.15, 0.2) is 0 Å².